The van der Waals surface area contributed by atoms with Crippen molar-refractivity contribution in [3.8, 4) is 11.3 Å². The topological polar surface area (TPSA) is 42.9 Å². The Morgan fingerprint density at radius 1 is 1.12 bits per heavy atom. The summed E-state index contributed by atoms with van der Waals surface area (Å²) < 4.78 is 0. The standard InChI is InChI=1S/C11H6Cl2N2O/c12-7-1-2-9(10(13)3-7)11-5-14-8(6-16)4-15-11/h1-6H. The third-order valence-corrected chi connectivity index (χ3v) is 2.55. The smallest absolute Gasteiger partial charge is 0.170 e. The third-order valence-electron chi connectivity index (χ3n) is 2.00. The molecule has 5 heteroatoms. The number of hydrogen-bond donors (Lipinski definition) is 0. The van der Waals surface area contributed by atoms with Gasteiger partial charge in [0.2, 0.25) is 0 Å². The lowest BCUT2D eigenvalue weighted by Gasteiger charge is -2.03. The first-order valence-electron chi connectivity index (χ1n) is 4.43. The Hall–Kier alpha value is -1.45. The first-order chi connectivity index (χ1) is 7.70. The van der Waals surface area contributed by atoms with Gasteiger partial charge in [-0.05, 0) is 18.2 Å². The van der Waals surface area contributed by atoms with Gasteiger partial charge in [0.1, 0.15) is 5.69 Å². The minimum Gasteiger partial charge on any atom is -0.296 e. The number of halogens is 2. The Bertz CT molecular complexity index is 526. The second-order valence-corrected chi connectivity index (χ2v) is 3.91. The molecule has 0 N–H and O–H groups in total. The maximum atomic E-state index is 10.4. The third kappa shape index (κ3) is 2.21. The van der Waals surface area contributed by atoms with Crippen LogP contribution in [0.5, 0.6) is 0 Å². The van der Waals surface area contributed by atoms with E-state index in [-0.39, 0.29) is 5.69 Å². The Morgan fingerprint density at radius 2 is 1.94 bits per heavy atom. The molecule has 0 amide bonds. The van der Waals surface area contributed by atoms with E-state index < -0.39 is 0 Å². The lowest BCUT2D eigenvalue weighted by atomic mass is 10.1. The highest BCUT2D eigenvalue weighted by Gasteiger charge is 2.05. The molecular formula is C11H6Cl2N2O. The highest BCUT2D eigenvalue weighted by molar-refractivity contribution is 6.36. The van der Waals surface area contributed by atoms with E-state index in [1.807, 2.05) is 0 Å². The summed E-state index contributed by atoms with van der Waals surface area (Å²) in [6, 6.07) is 5.11. The van der Waals surface area contributed by atoms with Gasteiger partial charge < -0.3 is 0 Å². The molecule has 0 radical (unpaired) electrons. The highest BCUT2D eigenvalue weighted by Crippen LogP contribution is 2.28. The summed E-state index contributed by atoms with van der Waals surface area (Å²) in [6.07, 6.45) is 3.53. The van der Waals surface area contributed by atoms with Crippen LogP contribution in [0, 0.1) is 0 Å². The van der Waals surface area contributed by atoms with Gasteiger partial charge in [-0.3, -0.25) is 9.78 Å². The van der Waals surface area contributed by atoms with Crippen LogP contribution in [0.1, 0.15) is 10.5 Å². The molecule has 0 atom stereocenters. The minimum atomic E-state index is 0.286. The van der Waals surface area contributed by atoms with Crippen LogP contribution < -0.4 is 0 Å². The quantitative estimate of drug-likeness (QED) is 0.771. The molecule has 0 aliphatic heterocycles. The molecule has 16 heavy (non-hydrogen) atoms. The maximum Gasteiger partial charge on any atom is 0.170 e. The number of carbonyl (C=O) groups is 1. The number of carbonyl (C=O) groups excluding carboxylic acids is 1. The molecule has 0 saturated carbocycles. The summed E-state index contributed by atoms with van der Waals surface area (Å²) in [7, 11) is 0. The fourth-order valence-corrected chi connectivity index (χ4v) is 1.74. The van der Waals surface area contributed by atoms with Crippen LogP contribution in [0.3, 0.4) is 0 Å². The number of nitrogens with zero attached hydrogens (tertiary/aromatic N) is 2. The first-order valence-corrected chi connectivity index (χ1v) is 5.19. The molecule has 0 bridgehead atoms. The predicted octanol–water partition coefficient (Wildman–Crippen LogP) is 3.26. The molecule has 1 aromatic heterocycles. The van der Waals surface area contributed by atoms with Crippen molar-refractivity contribution in [2.45, 2.75) is 0 Å². The van der Waals surface area contributed by atoms with Crippen molar-refractivity contribution >= 4 is 29.5 Å². The van der Waals surface area contributed by atoms with Crippen LogP contribution in [0.15, 0.2) is 30.6 Å². The molecule has 0 aliphatic carbocycles. The van der Waals surface area contributed by atoms with E-state index in [0.29, 0.717) is 22.0 Å². The highest BCUT2D eigenvalue weighted by atomic mass is 35.5. The van der Waals surface area contributed by atoms with Crippen molar-refractivity contribution in [3.05, 3.63) is 46.3 Å². The van der Waals surface area contributed by atoms with E-state index in [2.05, 4.69) is 9.97 Å². The Kier molecular flexibility index (Phi) is 3.17. The van der Waals surface area contributed by atoms with Crippen molar-refractivity contribution in [2.75, 3.05) is 0 Å². The van der Waals surface area contributed by atoms with Crippen LogP contribution in [-0.2, 0) is 0 Å². The number of aromatic nitrogens is 2. The second-order valence-electron chi connectivity index (χ2n) is 3.07. The molecule has 0 saturated heterocycles. The van der Waals surface area contributed by atoms with Gasteiger partial charge in [0.25, 0.3) is 0 Å². The monoisotopic (exact) mass is 252 g/mol. The van der Waals surface area contributed by atoms with Gasteiger partial charge >= 0.3 is 0 Å². The zero-order chi connectivity index (χ0) is 11.5. The van der Waals surface area contributed by atoms with Gasteiger partial charge in [-0.2, -0.15) is 0 Å². The number of hydrogen-bond acceptors (Lipinski definition) is 3. The van der Waals surface area contributed by atoms with E-state index in [1.54, 1.807) is 18.2 Å². The number of benzene rings is 1. The van der Waals surface area contributed by atoms with Crippen molar-refractivity contribution in [2.24, 2.45) is 0 Å². The lowest BCUT2D eigenvalue weighted by Crippen LogP contribution is -1.91. The van der Waals surface area contributed by atoms with Gasteiger partial charge in [-0.25, -0.2) is 4.98 Å². The summed E-state index contributed by atoms with van der Waals surface area (Å²) in [5.74, 6) is 0. The van der Waals surface area contributed by atoms with Crippen LogP contribution >= 0.6 is 23.2 Å². The summed E-state index contributed by atoms with van der Waals surface area (Å²) >= 11 is 11.8. The minimum absolute atomic E-state index is 0.286. The molecule has 0 aliphatic rings. The van der Waals surface area contributed by atoms with E-state index >= 15 is 0 Å². The van der Waals surface area contributed by atoms with Crippen LogP contribution in [0.25, 0.3) is 11.3 Å². The zero-order valence-electron chi connectivity index (χ0n) is 8.02. The van der Waals surface area contributed by atoms with Crippen molar-refractivity contribution in [3.63, 3.8) is 0 Å². The predicted molar refractivity (Wildman–Crippen MR) is 62.9 cm³/mol. The van der Waals surface area contributed by atoms with Crippen molar-refractivity contribution < 1.29 is 4.79 Å². The molecule has 80 valence electrons. The van der Waals surface area contributed by atoms with Gasteiger partial charge in [-0.1, -0.05) is 23.2 Å². The molecule has 3 nitrogen and oxygen atoms in total. The molecular weight excluding hydrogens is 247 g/mol. The average molecular weight is 253 g/mol. The van der Waals surface area contributed by atoms with Crippen LogP contribution in [0.4, 0.5) is 0 Å². The van der Waals surface area contributed by atoms with E-state index in [1.165, 1.54) is 12.4 Å². The Balaban J connectivity index is 2.46. The van der Waals surface area contributed by atoms with E-state index in [9.17, 15) is 4.79 Å². The molecule has 1 heterocycles. The summed E-state index contributed by atoms with van der Waals surface area (Å²) in [6.45, 7) is 0. The maximum absolute atomic E-state index is 10.4. The summed E-state index contributed by atoms with van der Waals surface area (Å²) in [5, 5.41) is 1.06. The average Bonchev–Trinajstić information content (AvgIpc) is 2.29. The van der Waals surface area contributed by atoms with Gasteiger partial charge in [0.05, 0.1) is 23.1 Å². The fraction of sp³-hybridized carbons (Fsp3) is 0. The van der Waals surface area contributed by atoms with E-state index in [0.717, 1.165) is 5.56 Å². The van der Waals surface area contributed by atoms with Gasteiger partial charge in [-0.15, -0.1) is 0 Å². The zero-order valence-corrected chi connectivity index (χ0v) is 9.53. The first kappa shape index (κ1) is 11.0. The molecule has 0 fully saturated rings. The summed E-state index contributed by atoms with van der Waals surface area (Å²) in [5.41, 5.74) is 1.62. The molecule has 0 unspecified atom stereocenters. The largest absolute Gasteiger partial charge is 0.296 e. The molecule has 2 aromatic rings. The SMILES string of the molecule is O=Cc1cnc(-c2ccc(Cl)cc2Cl)cn1. The van der Waals surface area contributed by atoms with Gasteiger partial charge in [0.15, 0.2) is 6.29 Å². The molecule has 1 aromatic carbocycles. The second kappa shape index (κ2) is 4.60. The lowest BCUT2D eigenvalue weighted by molar-refractivity contribution is 0.111. The molecule has 2 rings (SSSR count). The number of rotatable bonds is 2. The van der Waals surface area contributed by atoms with Crippen molar-refractivity contribution in [1.29, 1.82) is 0 Å². The number of aldehydes is 1. The van der Waals surface area contributed by atoms with Crippen LogP contribution in [0.2, 0.25) is 10.0 Å². The van der Waals surface area contributed by atoms with Crippen LogP contribution in [-0.4, -0.2) is 16.3 Å². The van der Waals surface area contributed by atoms with E-state index in [4.69, 9.17) is 23.2 Å². The molecule has 0 spiro atoms. The normalized spacial score (nSPS) is 10.1. The Labute approximate surface area is 102 Å². The van der Waals surface area contributed by atoms with Crippen molar-refractivity contribution in [1.82, 2.24) is 9.97 Å². The summed E-state index contributed by atoms with van der Waals surface area (Å²) in [4.78, 5) is 18.4. The Morgan fingerprint density at radius 3 is 2.50 bits per heavy atom. The van der Waals surface area contributed by atoms with Gasteiger partial charge in [0, 0.05) is 10.6 Å². The fourth-order valence-electron chi connectivity index (χ4n) is 1.24.